The second kappa shape index (κ2) is 4.41. The lowest BCUT2D eigenvalue weighted by Gasteiger charge is -2.20. The van der Waals surface area contributed by atoms with Crippen LogP contribution in [-0.2, 0) is 0 Å². The standard InChI is InChI=1S/C15H16N2O/c1-11-5-4-10-17(11)15(18)14-9-8-12-6-2-3-7-13(12)16-14/h2-3,6-9,11H,4-5,10H2,1H3/t11-/m1/s1. The minimum absolute atomic E-state index is 0.0609. The molecule has 1 aliphatic rings. The highest BCUT2D eigenvalue weighted by Crippen LogP contribution is 2.20. The number of likely N-dealkylation sites (tertiary alicyclic amines) is 1. The molecule has 1 aliphatic heterocycles. The van der Waals surface area contributed by atoms with Gasteiger partial charge in [-0.15, -0.1) is 0 Å². The number of benzene rings is 1. The Bertz CT molecular complexity index is 594. The minimum atomic E-state index is 0.0609. The molecule has 0 saturated carbocycles. The number of para-hydroxylation sites is 1. The normalized spacial score (nSPS) is 19.4. The molecule has 18 heavy (non-hydrogen) atoms. The van der Waals surface area contributed by atoms with Crippen molar-refractivity contribution in [2.24, 2.45) is 0 Å². The van der Waals surface area contributed by atoms with E-state index < -0.39 is 0 Å². The van der Waals surface area contributed by atoms with Crippen molar-refractivity contribution in [3.05, 3.63) is 42.1 Å². The van der Waals surface area contributed by atoms with E-state index >= 15 is 0 Å². The first kappa shape index (κ1) is 11.2. The smallest absolute Gasteiger partial charge is 0.272 e. The molecule has 0 spiro atoms. The Hall–Kier alpha value is -1.90. The summed E-state index contributed by atoms with van der Waals surface area (Å²) in [5.74, 6) is 0.0609. The van der Waals surface area contributed by atoms with Crippen LogP contribution in [0.2, 0.25) is 0 Å². The lowest BCUT2D eigenvalue weighted by Crippen LogP contribution is -2.34. The minimum Gasteiger partial charge on any atom is -0.335 e. The average Bonchev–Trinajstić information content (AvgIpc) is 2.83. The number of hydrogen-bond acceptors (Lipinski definition) is 2. The van der Waals surface area contributed by atoms with Gasteiger partial charge in [0.1, 0.15) is 5.69 Å². The fourth-order valence-electron chi connectivity index (χ4n) is 2.57. The summed E-state index contributed by atoms with van der Waals surface area (Å²) in [5, 5.41) is 1.07. The molecule has 3 heteroatoms. The Balaban J connectivity index is 1.96. The number of pyridine rings is 1. The van der Waals surface area contributed by atoms with Crippen LogP contribution in [0.5, 0.6) is 0 Å². The summed E-state index contributed by atoms with van der Waals surface area (Å²) in [6.07, 6.45) is 2.19. The van der Waals surface area contributed by atoms with Gasteiger partial charge in [-0.1, -0.05) is 24.3 Å². The molecular weight excluding hydrogens is 224 g/mol. The molecule has 3 nitrogen and oxygen atoms in total. The lowest BCUT2D eigenvalue weighted by atomic mass is 10.2. The second-order valence-electron chi connectivity index (χ2n) is 4.88. The topological polar surface area (TPSA) is 33.2 Å². The van der Waals surface area contributed by atoms with Gasteiger partial charge in [-0.3, -0.25) is 4.79 Å². The number of amides is 1. The molecule has 1 saturated heterocycles. The van der Waals surface area contributed by atoms with E-state index in [9.17, 15) is 4.79 Å². The molecule has 1 aromatic heterocycles. The van der Waals surface area contributed by atoms with Gasteiger partial charge in [-0.2, -0.15) is 0 Å². The number of hydrogen-bond donors (Lipinski definition) is 0. The molecule has 1 aromatic carbocycles. The van der Waals surface area contributed by atoms with Crippen LogP contribution in [0, 0.1) is 0 Å². The van der Waals surface area contributed by atoms with Crippen molar-refractivity contribution in [2.75, 3.05) is 6.54 Å². The molecule has 1 amide bonds. The Labute approximate surface area is 106 Å². The summed E-state index contributed by atoms with van der Waals surface area (Å²) in [4.78, 5) is 18.8. The van der Waals surface area contributed by atoms with Crippen molar-refractivity contribution in [1.29, 1.82) is 0 Å². The van der Waals surface area contributed by atoms with E-state index in [1.165, 1.54) is 0 Å². The van der Waals surface area contributed by atoms with Gasteiger partial charge in [0.15, 0.2) is 0 Å². The molecule has 1 fully saturated rings. The third-order valence-corrected chi connectivity index (χ3v) is 3.63. The molecule has 2 heterocycles. The van der Waals surface area contributed by atoms with Crippen LogP contribution >= 0.6 is 0 Å². The third-order valence-electron chi connectivity index (χ3n) is 3.63. The first-order chi connectivity index (χ1) is 8.75. The zero-order valence-corrected chi connectivity index (χ0v) is 10.5. The van der Waals surface area contributed by atoms with E-state index in [-0.39, 0.29) is 5.91 Å². The van der Waals surface area contributed by atoms with Crippen molar-refractivity contribution in [3.8, 4) is 0 Å². The fraction of sp³-hybridized carbons (Fsp3) is 0.333. The fourth-order valence-corrected chi connectivity index (χ4v) is 2.57. The van der Waals surface area contributed by atoms with Crippen molar-refractivity contribution in [2.45, 2.75) is 25.8 Å². The van der Waals surface area contributed by atoms with Gasteiger partial charge in [0.05, 0.1) is 5.52 Å². The number of nitrogens with zero attached hydrogens (tertiary/aromatic N) is 2. The maximum Gasteiger partial charge on any atom is 0.272 e. The third kappa shape index (κ3) is 1.86. The molecular formula is C15H16N2O. The van der Waals surface area contributed by atoms with Gasteiger partial charge in [-0.25, -0.2) is 4.98 Å². The quantitative estimate of drug-likeness (QED) is 0.768. The van der Waals surface area contributed by atoms with Gasteiger partial charge >= 0.3 is 0 Å². The molecule has 1 atom stereocenters. The average molecular weight is 240 g/mol. The second-order valence-corrected chi connectivity index (χ2v) is 4.88. The highest BCUT2D eigenvalue weighted by atomic mass is 16.2. The monoisotopic (exact) mass is 240 g/mol. The molecule has 0 bridgehead atoms. The Kier molecular flexibility index (Phi) is 2.74. The van der Waals surface area contributed by atoms with Crippen LogP contribution in [0.15, 0.2) is 36.4 Å². The van der Waals surface area contributed by atoms with Crippen molar-refractivity contribution < 1.29 is 4.79 Å². The number of carbonyl (C=O) groups is 1. The molecule has 92 valence electrons. The van der Waals surface area contributed by atoms with Gasteiger partial charge < -0.3 is 4.90 Å². The van der Waals surface area contributed by atoms with E-state index in [0.717, 1.165) is 30.3 Å². The SMILES string of the molecule is C[C@@H]1CCCN1C(=O)c1ccc2ccccc2n1. The van der Waals surface area contributed by atoms with Crippen LogP contribution in [0.3, 0.4) is 0 Å². The number of aromatic nitrogens is 1. The van der Waals surface area contributed by atoms with Gasteiger partial charge in [0.2, 0.25) is 0 Å². The van der Waals surface area contributed by atoms with E-state index in [2.05, 4.69) is 11.9 Å². The number of carbonyl (C=O) groups excluding carboxylic acids is 1. The largest absolute Gasteiger partial charge is 0.335 e. The first-order valence-electron chi connectivity index (χ1n) is 6.42. The van der Waals surface area contributed by atoms with E-state index in [1.54, 1.807) is 0 Å². The molecule has 0 aliphatic carbocycles. The molecule has 0 radical (unpaired) electrons. The summed E-state index contributed by atoms with van der Waals surface area (Å²) in [7, 11) is 0. The predicted molar refractivity (Wildman–Crippen MR) is 71.5 cm³/mol. The highest BCUT2D eigenvalue weighted by Gasteiger charge is 2.26. The Morgan fingerprint density at radius 2 is 2.11 bits per heavy atom. The highest BCUT2D eigenvalue weighted by molar-refractivity contribution is 5.95. The zero-order chi connectivity index (χ0) is 12.5. The van der Waals surface area contributed by atoms with Crippen molar-refractivity contribution in [3.63, 3.8) is 0 Å². The van der Waals surface area contributed by atoms with E-state index in [0.29, 0.717) is 11.7 Å². The molecule has 3 rings (SSSR count). The maximum atomic E-state index is 12.4. The van der Waals surface area contributed by atoms with Gasteiger partial charge in [0.25, 0.3) is 5.91 Å². The Morgan fingerprint density at radius 3 is 2.89 bits per heavy atom. The first-order valence-corrected chi connectivity index (χ1v) is 6.42. The Morgan fingerprint density at radius 1 is 1.28 bits per heavy atom. The number of fused-ring (bicyclic) bond motifs is 1. The van der Waals surface area contributed by atoms with Crippen LogP contribution < -0.4 is 0 Å². The summed E-state index contributed by atoms with van der Waals surface area (Å²) in [5.41, 5.74) is 1.44. The summed E-state index contributed by atoms with van der Waals surface area (Å²) in [6, 6.07) is 12.0. The maximum absolute atomic E-state index is 12.4. The zero-order valence-electron chi connectivity index (χ0n) is 10.5. The van der Waals surface area contributed by atoms with E-state index in [1.807, 2.05) is 41.3 Å². The predicted octanol–water partition coefficient (Wildman–Crippen LogP) is 2.86. The summed E-state index contributed by atoms with van der Waals surface area (Å²) in [6.45, 7) is 2.96. The van der Waals surface area contributed by atoms with Crippen LogP contribution in [-0.4, -0.2) is 28.4 Å². The van der Waals surface area contributed by atoms with Gasteiger partial charge in [0, 0.05) is 18.0 Å². The van der Waals surface area contributed by atoms with Crippen LogP contribution in [0.25, 0.3) is 10.9 Å². The lowest BCUT2D eigenvalue weighted by molar-refractivity contribution is 0.0742. The number of rotatable bonds is 1. The molecule has 2 aromatic rings. The van der Waals surface area contributed by atoms with E-state index in [4.69, 9.17) is 0 Å². The van der Waals surface area contributed by atoms with Crippen LogP contribution in [0.4, 0.5) is 0 Å². The van der Waals surface area contributed by atoms with Gasteiger partial charge in [-0.05, 0) is 31.9 Å². The molecule has 0 unspecified atom stereocenters. The summed E-state index contributed by atoms with van der Waals surface area (Å²) >= 11 is 0. The van der Waals surface area contributed by atoms with Crippen LogP contribution in [0.1, 0.15) is 30.3 Å². The van der Waals surface area contributed by atoms with Crippen molar-refractivity contribution >= 4 is 16.8 Å². The molecule has 0 N–H and O–H groups in total. The summed E-state index contributed by atoms with van der Waals surface area (Å²) < 4.78 is 0. The van der Waals surface area contributed by atoms with Crippen molar-refractivity contribution in [1.82, 2.24) is 9.88 Å².